The van der Waals surface area contributed by atoms with E-state index >= 15 is 0 Å². The zero-order valence-electron chi connectivity index (χ0n) is 11.6. The number of nitrogens with one attached hydrogen (secondary N) is 2. The molecule has 0 saturated heterocycles. The molecule has 2 rings (SSSR count). The van der Waals surface area contributed by atoms with Gasteiger partial charge in [-0.25, -0.2) is 14.8 Å². The van der Waals surface area contributed by atoms with Gasteiger partial charge in [-0.3, -0.25) is 5.32 Å². The van der Waals surface area contributed by atoms with Gasteiger partial charge < -0.3 is 10.1 Å². The fraction of sp³-hybridized carbons (Fsp3) is 0.214. The number of nitrogens with zero attached hydrogens (tertiary/aromatic N) is 2. The first-order chi connectivity index (χ1) is 10.7. The lowest BCUT2D eigenvalue weighted by atomic mass is 10.2. The minimum absolute atomic E-state index is 0.225. The molecule has 116 valence electrons. The third kappa shape index (κ3) is 5.05. The number of hydrogen-bond acceptors (Lipinski definition) is 4. The van der Waals surface area contributed by atoms with Crippen molar-refractivity contribution in [3.63, 3.8) is 0 Å². The standard InChI is InChI=1S/C14H14Cl2N4O2/c15-4-5-19-14(21)20-12-13(18-7-6-17-12)22-9-10-2-1-3-11(16)8-10/h1-3,6-8H,4-5,9H2,(H2,17,19,20,21). The molecule has 2 amide bonds. The Kier molecular flexibility index (Phi) is 6.24. The Balaban J connectivity index is 2.00. The van der Waals surface area contributed by atoms with Gasteiger partial charge in [0.05, 0.1) is 0 Å². The van der Waals surface area contributed by atoms with Crippen LogP contribution >= 0.6 is 23.2 Å². The molecule has 1 aromatic heterocycles. The van der Waals surface area contributed by atoms with Crippen molar-refractivity contribution in [1.82, 2.24) is 15.3 Å². The van der Waals surface area contributed by atoms with Crippen molar-refractivity contribution in [2.75, 3.05) is 17.7 Å². The summed E-state index contributed by atoms with van der Waals surface area (Å²) in [4.78, 5) is 19.7. The maximum Gasteiger partial charge on any atom is 0.320 e. The molecule has 6 nitrogen and oxygen atoms in total. The van der Waals surface area contributed by atoms with Crippen LogP contribution in [-0.2, 0) is 6.61 Å². The fourth-order valence-electron chi connectivity index (χ4n) is 1.61. The molecule has 0 saturated carbocycles. The van der Waals surface area contributed by atoms with E-state index < -0.39 is 6.03 Å². The quantitative estimate of drug-likeness (QED) is 0.792. The van der Waals surface area contributed by atoms with Crippen molar-refractivity contribution in [2.45, 2.75) is 6.61 Å². The van der Waals surface area contributed by atoms with E-state index in [0.717, 1.165) is 5.56 Å². The highest BCUT2D eigenvalue weighted by Gasteiger charge is 2.10. The van der Waals surface area contributed by atoms with Crippen LogP contribution in [0, 0.1) is 0 Å². The summed E-state index contributed by atoms with van der Waals surface area (Å²) >= 11 is 11.4. The van der Waals surface area contributed by atoms with Gasteiger partial charge in [-0.1, -0.05) is 23.7 Å². The number of benzene rings is 1. The van der Waals surface area contributed by atoms with Gasteiger partial charge in [0.15, 0.2) is 5.82 Å². The maximum absolute atomic E-state index is 11.6. The van der Waals surface area contributed by atoms with Gasteiger partial charge in [0.25, 0.3) is 5.88 Å². The summed E-state index contributed by atoms with van der Waals surface area (Å²) < 4.78 is 5.58. The minimum Gasteiger partial charge on any atom is -0.470 e. The Morgan fingerprint density at radius 2 is 2.09 bits per heavy atom. The van der Waals surface area contributed by atoms with E-state index in [1.807, 2.05) is 12.1 Å². The highest BCUT2D eigenvalue weighted by atomic mass is 35.5. The average Bonchev–Trinajstić information content (AvgIpc) is 2.52. The zero-order valence-corrected chi connectivity index (χ0v) is 13.1. The summed E-state index contributed by atoms with van der Waals surface area (Å²) in [5.74, 6) is 0.784. The summed E-state index contributed by atoms with van der Waals surface area (Å²) in [7, 11) is 0. The molecule has 1 heterocycles. The Morgan fingerprint density at radius 1 is 1.27 bits per heavy atom. The second kappa shape index (κ2) is 8.41. The molecule has 0 aliphatic rings. The normalized spacial score (nSPS) is 10.1. The van der Waals surface area contributed by atoms with Crippen molar-refractivity contribution in [3.8, 4) is 5.88 Å². The van der Waals surface area contributed by atoms with Crippen molar-refractivity contribution in [2.24, 2.45) is 0 Å². The van der Waals surface area contributed by atoms with Crippen molar-refractivity contribution in [1.29, 1.82) is 0 Å². The van der Waals surface area contributed by atoms with Crippen LogP contribution in [0.25, 0.3) is 0 Å². The van der Waals surface area contributed by atoms with Gasteiger partial charge in [0.2, 0.25) is 0 Å². The molecule has 0 bridgehead atoms. The van der Waals surface area contributed by atoms with Crippen molar-refractivity contribution < 1.29 is 9.53 Å². The smallest absolute Gasteiger partial charge is 0.320 e. The van der Waals surface area contributed by atoms with Crippen LogP contribution in [0.1, 0.15) is 5.56 Å². The molecule has 2 N–H and O–H groups in total. The lowest BCUT2D eigenvalue weighted by Gasteiger charge is -2.10. The average molecular weight is 341 g/mol. The van der Waals surface area contributed by atoms with E-state index in [4.69, 9.17) is 27.9 Å². The van der Waals surface area contributed by atoms with Gasteiger partial charge in [-0.05, 0) is 17.7 Å². The van der Waals surface area contributed by atoms with E-state index in [1.54, 1.807) is 12.1 Å². The second-order valence-electron chi connectivity index (χ2n) is 4.20. The molecule has 0 spiro atoms. The number of halogens is 2. The van der Waals surface area contributed by atoms with Crippen LogP contribution in [0.5, 0.6) is 5.88 Å². The zero-order chi connectivity index (χ0) is 15.8. The molecular weight excluding hydrogens is 327 g/mol. The number of ether oxygens (including phenoxy) is 1. The van der Waals surface area contributed by atoms with Crippen LogP contribution in [0.15, 0.2) is 36.7 Å². The lowest BCUT2D eigenvalue weighted by Crippen LogP contribution is -2.30. The molecule has 0 fully saturated rings. The largest absolute Gasteiger partial charge is 0.470 e. The Labute approximate surface area is 137 Å². The first kappa shape index (κ1) is 16.3. The van der Waals surface area contributed by atoms with Gasteiger partial charge >= 0.3 is 6.03 Å². The Hall–Kier alpha value is -2.05. The molecule has 8 heteroatoms. The van der Waals surface area contributed by atoms with Gasteiger partial charge in [-0.2, -0.15) is 0 Å². The Bertz CT molecular complexity index is 640. The highest BCUT2D eigenvalue weighted by molar-refractivity contribution is 6.30. The van der Waals surface area contributed by atoms with Crippen LogP contribution in [0.4, 0.5) is 10.6 Å². The van der Waals surface area contributed by atoms with Crippen molar-refractivity contribution in [3.05, 3.63) is 47.2 Å². The number of hydrogen-bond donors (Lipinski definition) is 2. The van der Waals surface area contributed by atoms with Crippen LogP contribution in [0.3, 0.4) is 0 Å². The van der Waals surface area contributed by atoms with Gasteiger partial charge in [0.1, 0.15) is 6.61 Å². The molecule has 2 aromatic rings. The van der Waals surface area contributed by atoms with Crippen LogP contribution in [0.2, 0.25) is 5.02 Å². The SMILES string of the molecule is O=C(NCCCl)Nc1nccnc1OCc1cccc(Cl)c1. The number of carbonyl (C=O) groups excluding carboxylic acids is 1. The molecule has 0 aliphatic carbocycles. The minimum atomic E-state index is -0.422. The number of urea groups is 1. The van der Waals surface area contributed by atoms with Crippen LogP contribution in [-0.4, -0.2) is 28.4 Å². The van der Waals surface area contributed by atoms with E-state index in [9.17, 15) is 4.79 Å². The molecule has 0 aliphatic heterocycles. The number of rotatable bonds is 6. The lowest BCUT2D eigenvalue weighted by molar-refractivity contribution is 0.252. The predicted molar refractivity (Wildman–Crippen MR) is 85.6 cm³/mol. The summed E-state index contributed by atoms with van der Waals surface area (Å²) in [5.41, 5.74) is 0.885. The number of anilines is 1. The number of carbonyl (C=O) groups is 1. The van der Waals surface area contributed by atoms with Gasteiger partial charge in [-0.15, -0.1) is 11.6 Å². The summed E-state index contributed by atoms with van der Waals surface area (Å²) in [6, 6.07) is 6.85. The Morgan fingerprint density at radius 3 is 2.86 bits per heavy atom. The number of alkyl halides is 1. The van der Waals surface area contributed by atoms with Crippen molar-refractivity contribution >= 4 is 35.1 Å². The summed E-state index contributed by atoms with van der Waals surface area (Å²) in [5, 5.41) is 5.75. The molecular formula is C14H14Cl2N4O2. The van der Waals surface area contributed by atoms with E-state index in [2.05, 4.69) is 20.6 Å². The van der Waals surface area contributed by atoms with E-state index in [-0.39, 0.29) is 18.3 Å². The predicted octanol–water partition coefficient (Wildman–Crippen LogP) is 3.07. The summed E-state index contributed by atoms with van der Waals surface area (Å²) in [6.07, 6.45) is 2.94. The molecule has 0 radical (unpaired) electrons. The van der Waals surface area contributed by atoms with Crippen LogP contribution < -0.4 is 15.4 Å². The number of amides is 2. The molecule has 0 atom stereocenters. The third-order valence-electron chi connectivity index (χ3n) is 2.54. The molecule has 0 unspecified atom stereocenters. The summed E-state index contributed by atoms with van der Waals surface area (Å²) in [6.45, 7) is 0.615. The van der Waals surface area contributed by atoms with E-state index in [0.29, 0.717) is 17.4 Å². The maximum atomic E-state index is 11.6. The first-order valence-corrected chi connectivity index (χ1v) is 7.39. The molecule has 1 aromatic carbocycles. The topological polar surface area (TPSA) is 76.1 Å². The second-order valence-corrected chi connectivity index (χ2v) is 5.01. The van der Waals surface area contributed by atoms with E-state index in [1.165, 1.54) is 12.4 Å². The highest BCUT2D eigenvalue weighted by Crippen LogP contribution is 2.19. The first-order valence-electron chi connectivity index (χ1n) is 6.48. The molecule has 22 heavy (non-hydrogen) atoms. The monoisotopic (exact) mass is 340 g/mol. The van der Waals surface area contributed by atoms with Gasteiger partial charge in [0, 0.05) is 29.8 Å². The third-order valence-corrected chi connectivity index (χ3v) is 2.97. The number of aromatic nitrogens is 2. The fourth-order valence-corrected chi connectivity index (χ4v) is 1.91.